The Morgan fingerprint density at radius 1 is 0.780 bits per heavy atom. The van der Waals surface area contributed by atoms with E-state index < -0.39 is 28.7 Å². The molecular weight excluding hydrogens is 650 g/mol. The Hall–Kier alpha value is -3.88. The van der Waals surface area contributed by atoms with Crippen molar-refractivity contribution in [1.82, 2.24) is 0 Å². The van der Waals surface area contributed by atoms with E-state index in [-0.39, 0.29) is 34.8 Å². The lowest BCUT2D eigenvalue weighted by atomic mass is 9.55. The summed E-state index contributed by atoms with van der Waals surface area (Å²) in [4.78, 5) is 55.5. The third-order valence-electron chi connectivity index (χ3n) is 8.38. The predicted octanol–water partition coefficient (Wildman–Crippen LogP) is 6.39. The largest absolute Gasteiger partial charge is 0.454 e. The van der Waals surface area contributed by atoms with Gasteiger partial charge in [-0.2, -0.15) is 0 Å². The fourth-order valence-electron chi connectivity index (χ4n) is 6.69. The van der Waals surface area contributed by atoms with Crippen LogP contribution in [0.5, 0.6) is 0 Å². The van der Waals surface area contributed by atoms with Crippen LogP contribution < -0.4 is 4.90 Å². The number of hydrogen-bond acceptors (Lipinski definition) is 5. The summed E-state index contributed by atoms with van der Waals surface area (Å²) in [5.41, 5.74) is 4.60. The zero-order valence-corrected chi connectivity index (χ0v) is 24.6. The molecule has 0 aromatic heterocycles. The quantitative estimate of drug-likeness (QED) is 0.106. The van der Waals surface area contributed by atoms with Crippen LogP contribution in [0, 0.1) is 11.8 Å². The number of amides is 2. The molecule has 2 amide bonds. The molecule has 3 aliphatic carbocycles. The van der Waals surface area contributed by atoms with Gasteiger partial charge in [-0.15, -0.1) is 0 Å². The Labute approximate surface area is 252 Å². The van der Waals surface area contributed by atoms with Crippen LogP contribution in [0.1, 0.15) is 48.9 Å². The second kappa shape index (κ2) is 9.60. The molecule has 0 unspecified atom stereocenters. The number of nitrogens with zero attached hydrogens (tertiary/aromatic N) is 1. The fourth-order valence-corrected chi connectivity index (χ4v) is 8.15. The third-order valence-corrected chi connectivity index (χ3v) is 10.3. The molecular formula is C33H21Br2NO5. The molecule has 0 radical (unpaired) electrons. The smallest absolute Gasteiger partial charge is 0.340 e. The van der Waals surface area contributed by atoms with E-state index in [4.69, 9.17) is 4.74 Å². The van der Waals surface area contributed by atoms with Crippen LogP contribution in [-0.4, -0.2) is 30.2 Å². The first-order valence-corrected chi connectivity index (χ1v) is 14.7. The van der Waals surface area contributed by atoms with E-state index in [0.29, 0.717) is 5.56 Å². The number of para-hydroxylation sites is 1. The van der Waals surface area contributed by atoms with Crippen molar-refractivity contribution >= 4 is 61.1 Å². The highest BCUT2D eigenvalue weighted by Crippen LogP contribution is 2.66. The number of anilines is 1. The maximum Gasteiger partial charge on any atom is 0.340 e. The SMILES string of the molecule is O=C(COC(=O)c1ccccc1N1C(=O)[C@@H]2[C@@H](C1=O)C1c3ccccc3C2(Br)c2ccccc21)c1ccc(Br)cc1. The Morgan fingerprint density at radius 3 is 2.02 bits per heavy atom. The molecule has 0 N–H and O–H groups in total. The number of esters is 1. The number of rotatable bonds is 5. The van der Waals surface area contributed by atoms with Crippen molar-refractivity contribution in [1.29, 1.82) is 0 Å². The van der Waals surface area contributed by atoms with Crippen molar-refractivity contribution in [2.45, 2.75) is 10.2 Å². The maximum absolute atomic E-state index is 14.3. The molecule has 0 saturated carbocycles. The summed E-state index contributed by atoms with van der Waals surface area (Å²) in [7, 11) is 0. The molecule has 1 fully saturated rings. The molecule has 2 bridgehead atoms. The number of carbonyl (C=O) groups excluding carboxylic acids is 4. The molecule has 0 spiro atoms. The normalized spacial score (nSPS) is 23.6. The molecule has 1 heterocycles. The van der Waals surface area contributed by atoms with Gasteiger partial charge in [0.1, 0.15) is 0 Å². The molecule has 4 aliphatic rings. The summed E-state index contributed by atoms with van der Waals surface area (Å²) in [5.74, 6) is -3.53. The van der Waals surface area contributed by atoms with Gasteiger partial charge in [0, 0.05) is 16.0 Å². The maximum atomic E-state index is 14.3. The average molecular weight is 671 g/mol. The molecule has 6 nitrogen and oxygen atoms in total. The first-order chi connectivity index (χ1) is 19.8. The summed E-state index contributed by atoms with van der Waals surface area (Å²) in [6, 6.07) is 29.0. The van der Waals surface area contributed by atoms with Crippen LogP contribution in [0.15, 0.2) is 102 Å². The Balaban J connectivity index is 1.25. The topological polar surface area (TPSA) is 80.8 Å². The van der Waals surface area contributed by atoms with Gasteiger partial charge in [-0.1, -0.05) is 105 Å². The van der Waals surface area contributed by atoms with Gasteiger partial charge in [0.15, 0.2) is 12.4 Å². The summed E-state index contributed by atoms with van der Waals surface area (Å²) in [6.45, 7) is -0.473. The second-order valence-corrected chi connectivity index (χ2v) is 12.6. The fraction of sp³-hybridized carbons (Fsp3) is 0.152. The summed E-state index contributed by atoms with van der Waals surface area (Å²) in [5, 5.41) is 0. The van der Waals surface area contributed by atoms with E-state index in [0.717, 1.165) is 31.6 Å². The van der Waals surface area contributed by atoms with Crippen LogP contribution in [-0.2, 0) is 18.7 Å². The standard InChI is InChI=1S/C33H21Br2NO5/c34-19-15-13-18(14-16-19)26(37)17-41-32(40)22-9-3-6-12-25(22)36-30(38)28-27-20-7-1-4-10-23(20)33(35,29(28)31(36)39)24-11-5-2-8-21(24)27/h1-16,27-29H,17H2/t27?,28-,29-,33?/m0/s1. The number of carbonyl (C=O) groups is 4. The molecule has 41 heavy (non-hydrogen) atoms. The minimum Gasteiger partial charge on any atom is -0.454 e. The van der Waals surface area contributed by atoms with Crippen molar-refractivity contribution in [3.05, 3.63) is 135 Å². The van der Waals surface area contributed by atoms with Gasteiger partial charge in [0.25, 0.3) is 0 Å². The number of ketones is 1. The van der Waals surface area contributed by atoms with Gasteiger partial charge in [0.2, 0.25) is 11.8 Å². The first-order valence-electron chi connectivity index (χ1n) is 13.1. The lowest BCUT2D eigenvalue weighted by Gasteiger charge is -2.51. The lowest BCUT2D eigenvalue weighted by molar-refractivity contribution is -0.122. The van der Waals surface area contributed by atoms with Gasteiger partial charge in [-0.05, 0) is 46.5 Å². The van der Waals surface area contributed by atoms with E-state index in [1.807, 2.05) is 48.5 Å². The highest BCUT2D eigenvalue weighted by Gasteiger charge is 2.67. The highest BCUT2D eigenvalue weighted by molar-refractivity contribution is 9.10. The van der Waals surface area contributed by atoms with Crippen LogP contribution in [0.25, 0.3) is 0 Å². The zero-order valence-electron chi connectivity index (χ0n) is 21.4. The number of halogens is 2. The number of hydrogen-bond donors (Lipinski definition) is 0. The lowest BCUT2D eigenvalue weighted by Crippen LogP contribution is -2.50. The summed E-state index contributed by atoms with van der Waals surface area (Å²) >= 11 is 7.32. The van der Waals surface area contributed by atoms with E-state index in [1.54, 1.807) is 42.5 Å². The van der Waals surface area contributed by atoms with E-state index in [1.165, 1.54) is 6.07 Å². The molecule has 4 aromatic carbocycles. The van der Waals surface area contributed by atoms with Crippen LogP contribution in [0.4, 0.5) is 5.69 Å². The average Bonchev–Trinajstić information content (AvgIpc) is 3.27. The summed E-state index contributed by atoms with van der Waals surface area (Å²) in [6.07, 6.45) is 0. The van der Waals surface area contributed by atoms with E-state index in [9.17, 15) is 19.2 Å². The highest BCUT2D eigenvalue weighted by atomic mass is 79.9. The van der Waals surface area contributed by atoms with Crippen molar-refractivity contribution < 1.29 is 23.9 Å². The molecule has 2 atom stereocenters. The number of Topliss-reactive ketones (excluding diaryl/α,β-unsaturated/α-hetero) is 1. The van der Waals surface area contributed by atoms with Gasteiger partial charge in [0.05, 0.1) is 27.4 Å². The molecule has 202 valence electrons. The van der Waals surface area contributed by atoms with Crippen LogP contribution in [0.2, 0.25) is 0 Å². The van der Waals surface area contributed by atoms with Gasteiger partial charge >= 0.3 is 5.97 Å². The van der Waals surface area contributed by atoms with Crippen LogP contribution >= 0.6 is 31.9 Å². The summed E-state index contributed by atoms with van der Waals surface area (Å²) < 4.78 is 5.31. The Kier molecular flexibility index (Phi) is 6.10. The number of benzene rings is 4. The van der Waals surface area contributed by atoms with Gasteiger partial charge < -0.3 is 4.74 Å². The molecule has 1 saturated heterocycles. The molecule has 8 heteroatoms. The predicted molar refractivity (Wildman–Crippen MR) is 159 cm³/mol. The Bertz CT molecular complexity index is 1740. The Morgan fingerprint density at radius 2 is 1.37 bits per heavy atom. The first kappa shape index (κ1) is 26.0. The number of ether oxygens (including phenoxy) is 1. The van der Waals surface area contributed by atoms with E-state index in [2.05, 4.69) is 31.9 Å². The van der Waals surface area contributed by atoms with Crippen molar-refractivity contribution in [2.75, 3.05) is 11.5 Å². The van der Waals surface area contributed by atoms with Crippen LogP contribution in [0.3, 0.4) is 0 Å². The van der Waals surface area contributed by atoms with Gasteiger partial charge in [-0.25, -0.2) is 9.69 Å². The van der Waals surface area contributed by atoms with Crippen molar-refractivity contribution in [2.24, 2.45) is 11.8 Å². The van der Waals surface area contributed by atoms with Crippen molar-refractivity contribution in [3.63, 3.8) is 0 Å². The third kappa shape index (κ3) is 3.73. The minimum absolute atomic E-state index is 0.0439. The zero-order chi connectivity index (χ0) is 28.5. The molecule has 1 aliphatic heterocycles. The second-order valence-electron chi connectivity index (χ2n) is 10.4. The molecule has 4 aromatic rings. The minimum atomic E-state index is -0.895. The number of imide groups is 1. The van der Waals surface area contributed by atoms with Gasteiger partial charge in [-0.3, -0.25) is 14.4 Å². The van der Waals surface area contributed by atoms with Crippen molar-refractivity contribution in [3.8, 4) is 0 Å². The number of alkyl halides is 1. The molecule has 8 rings (SSSR count). The monoisotopic (exact) mass is 669 g/mol. The van der Waals surface area contributed by atoms with E-state index >= 15 is 0 Å².